The molecule has 3 N–H and O–H groups in total. The van der Waals surface area contributed by atoms with Crippen molar-refractivity contribution in [2.45, 2.75) is 32.0 Å². The number of benzene rings is 1. The van der Waals surface area contributed by atoms with Gasteiger partial charge in [-0.15, -0.1) is 10.2 Å². The maximum atomic E-state index is 12.9. The Labute approximate surface area is 158 Å². The van der Waals surface area contributed by atoms with Crippen molar-refractivity contribution in [3.63, 3.8) is 0 Å². The van der Waals surface area contributed by atoms with Crippen LogP contribution >= 0.6 is 0 Å². The molecule has 3 heterocycles. The molecule has 1 fully saturated rings. The number of phenols is 1. The summed E-state index contributed by atoms with van der Waals surface area (Å²) in [5.74, 6) is 0.653. The van der Waals surface area contributed by atoms with Crippen LogP contribution < -0.4 is 10.6 Å². The van der Waals surface area contributed by atoms with Gasteiger partial charge in [-0.25, -0.2) is 4.98 Å². The average molecular weight is 392 g/mol. The van der Waals surface area contributed by atoms with E-state index in [2.05, 4.69) is 25.8 Å². The van der Waals surface area contributed by atoms with Gasteiger partial charge in [-0.3, -0.25) is 4.40 Å². The highest BCUT2D eigenvalue weighted by Gasteiger charge is 2.31. The highest BCUT2D eigenvalue weighted by molar-refractivity contribution is 5.81. The summed E-state index contributed by atoms with van der Waals surface area (Å²) in [6.07, 6.45) is -0.924. The third kappa shape index (κ3) is 3.35. The number of anilines is 1. The molecule has 1 saturated heterocycles. The van der Waals surface area contributed by atoms with E-state index in [0.29, 0.717) is 23.4 Å². The SMILES string of the molecule is Cc1ncc2c(-c3ccc(C(F)(F)F)cc3O)nnc(N[C@@H]3CCCNC3)n12. The van der Waals surface area contributed by atoms with Crippen LogP contribution in [0.5, 0.6) is 5.75 Å². The Morgan fingerprint density at radius 3 is 2.79 bits per heavy atom. The van der Waals surface area contributed by atoms with Crippen molar-refractivity contribution in [2.24, 2.45) is 0 Å². The van der Waals surface area contributed by atoms with Gasteiger partial charge < -0.3 is 15.7 Å². The summed E-state index contributed by atoms with van der Waals surface area (Å²) >= 11 is 0. The van der Waals surface area contributed by atoms with Gasteiger partial charge in [0.15, 0.2) is 0 Å². The minimum Gasteiger partial charge on any atom is -0.507 e. The zero-order valence-electron chi connectivity index (χ0n) is 15.1. The van der Waals surface area contributed by atoms with Crippen molar-refractivity contribution in [1.82, 2.24) is 24.9 Å². The number of phenolic OH excluding ortho intramolecular Hbond substituents is 1. The number of nitrogens with one attached hydrogen (secondary N) is 2. The van der Waals surface area contributed by atoms with E-state index in [1.54, 1.807) is 17.5 Å². The van der Waals surface area contributed by atoms with Crippen molar-refractivity contribution in [1.29, 1.82) is 0 Å². The largest absolute Gasteiger partial charge is 0.507 e. The van der Waals surface area contributed by atoms with Gasteiger partial charge >= 0.3 is 6.18 Å². The predicted molar refractivity (Wildman–Crippen MR) is 97.1 cm³/mol. The molecule has 1 aliphatic rings. The van der Waals surface area contributed by atoms with E-state index in [-0.39, 0.29) is 17.3 Å². The molecule has 0 radical (unpaired) electrons. The second-order valence-corrected chi connectivity index (χ2v) is 6.82. The van der Waals surface area contributed by atoms with Gasteiger partial charge in [0.05, 0.1) is 17.3 Å². The first-order valence-corrected chi connectivity index (χ1v) is 8.93. The van der Waals surface area contributed by atoms with Crippen LogP contribution in [0.2, 0.25) is 0 Å². The third-order valence-corrected chi connectivity index (χ3v) is 4.85. The molecule has 0 bridgehead atoms. The average Bonchev–Trinajstić information content (AvgIpc) is 3.05. The maximum Gasteiger partial charge on any atom is 0.416 e. The molecule has 0 aliphatic carbocycles. The van der Waals surface area contributed by atoms with Crippen LogP contribution in [0.3, 0.4) is 0 Å². The predicted octanol–water partition coefficient (Wildman–Crippen LogP) is 2.99. The number of aryl methyl sites for hydroxylation is 1. The van der Waals surface area contributed by atoms with E-state index >= 15 is 0 Å². The van der Waals surface area contributed by atoms with Crippen LogP contribution in [0, 0.1) is 6.92 Å². The second kappa shape index (κ2) is 6.93. The standard InChI is InChI=1S/C18H19F3N6O/c1-10-23-9-14-16(13-5-4-11(7-15(13)28)18(19,20)21)25-26-17(27(10)14)24-12-3-2-6-22-8-12/h4-5,7,9,12,22,28H,2-3,6,8H2,1H3,(H,24,26)/t12-/m1/s1. The van der Waals surface area contributed by atoms with E-state index in [0.717, 1.165) is 32.0 Å². The molecule has 1 aromatic carbocycles. The normalized spacial score (nSPS) is 17.8. The van der Waals surface area contributed by atoms with Gasteiger partial charge in [0, 0.05) is 18.2 Å². The molecule has 4 rings (SSSR count). The maximum absolute atomic E-state index is 12.9. The summed E-state index contributed by atoms with van der Waals surface area (Å²) in [5, 5.41) is 25.2. The Hall–Kier alpha value is -2.88. The highest BCUT2D eigenvalue weighted by atomic mass is 19.4. The minimum absolute atomic E-state index is 0.163. The number of halogens is 3. The van der Waals surface area contributed by atoms with Gasteiger partial charge in [0.25, 0.3) is 0 Å². The van der Waals surface area contributed by atoms with Crippen LogP contribution in [-0.2, 0) is 6.18 Å². The Bertz CT molecular complexity index is 1010. The van der Waals surface area contributed by atoms with Crippen LogP contribution in [0.15, 0.2) is 24.4 Å². The minimum atomic E-state index is -4.54. The van der Waals surface area contributed by atoms with Crippen molar-refractivity contribution in [3.05, 3.63) is 35.8 Å². The molecule has 1 aliphatic heterocycles. The van der Waals surface area contributed by atoms with Gasteiger partial charge in [0.1, 0.15) is 17.3 Å². The Morgan fingerprint density at radius 1 is 1.29 bits per heavy atom. The second-order valence-electron chi connectivity index (χ2n) is 6.82. The number of hydrogen-bond donors (Lipinski definition) is 3. The lowest BCUT2D eigenvalue weighted by molar-refractivity contribution is -0.137. The number of piperidine rings is 1. The van der Waals surface area contributed by atoms with E-state index in [1.165, 1.54) is 6.07 Å². The molecule has 28 heavy (non-hydrogen) atoms. The molecule has 2 aromatic heterocycles. The van der Waals surface area contributed by atoms with Crippen molar-refractivity contribution >= 4 is 11.5 Å². The van der Waals surface area contributed by atoms with Crippen LogP contribution in [0.1, 0.15) is 24.2 Å². The molecule has 0 amide bonds. The summed E-state index contributed by atoms with van der Waals surface area (Å²) < 4.78 is 40.4. The number of imidazole rings is 1. The lowest BCUT2D eigenvalue weighted by atomic mass is 10.1. The summed E-state index contributed by atoms with van der Waals surface area (Å²) in [5.41, 5.74) is 0.0507. The first kappa shape index (κ1) is 18.5. The zero-order chi connectivity index (χ0) is 19.9. The number of aromatic hydroxyl groups is 1. The zero-order valence-corrected chi connectivity index (χ0v) is 15.1. The first-order chi connectivity index (χ1) is 13.3. The number of alkyl halides is 3. The Morgan fingerprint density at radius 2 is 2.11 bits per heavy atom. The van der Waals surface area contributed by atoms with Crippen LogP contribution in [0.4, 0.5) is 19.1 Å². The van der Waals surface area contributed by atoms with Crippen molar-refractivity contribution in [3.8, 4) is 17.0 Å². The molecule has 10 heteroatoms. The fourth-order valence-electron chi connectivity index (χ4n) is 3.42. The van der Waals surface area contributed by atoms with Crippen LogP contribution in [-0.4, -0.2) is 43.8 Å². The summed E-state index contributed by atoms with van der Waals surface area (Å²) in [7, 11) is 0. The lowest BCUT2D eigenvalue weighted by Crippen LogP contribution is -2.39. The fraction of sp³-hybridized carbons (Fsp3) is 0.389. The summed E-state index contributed by atoms with van der Waals surface area (Å²) in [4.78, 5) is 4.29. The molecular formula is C18H19F3N6O. The smallest absolute Gasteiger partial charge is 0.416 e. The summed E-state index contributed by atoms with van der Waals surface area (Å²) in [6.45, 7) is 3.59. The molecule has 7 nitrogen and oxygen atoms in total. The topological polar surface area (TPSA) is 87.4 Å². The van der Waals surface area contributed by atoms with Gasteiger partial charge in [-0.2, -0.15) is 13.2 Å². The third-order valence-electron chi connectivity index (χ3n) is 4.85. The number of hydrogen-bond acceptors (Lipinski definition) is 6. The summed E-state index contributed by atoms with van der Waals surface area (Å²) in [6, 6.07) is 2.99. The van der Waals surface area contributed by atoms with Crippen molar-refractivity contribution < 1.29 is 18.3 Å². The molecule has 0 saturated carbocycles. The first-order valence-electron chi connectivity index (χ1n) is 8.93. The van der Waals surface area contributed by atoms with E-state index < -0.39 is 17.5 Å². The molecular weight excluding hydrogens is 373 g/mol. The van der Waals surface area contributed by atoms with Crippen molar-refractivity contribution in [2.75, 3.05) is 18.4 Å². The highest BCUT2D eigenvalue weighted by Crippen LogP contribution is 2.37. The molecule has 0 spiro atoms. The molecule has 3 aromatic rings. The van der Waals surface area contributed by atoms with Gasteiger partial charge in [-0.05, 0) is 44.5 Å². The Kier molecular flexibility index (Phi) is 4.58. The Balaban J connectivity index is 1.76. The molecule has 0 unspecified atom stereocenters. The fourth-order valence-corrected chi connectivity index (χ4v) is 3.42. The lowest BCUT2D eigenvalue weighted by Gasteiger charge is -2.24. The van der Waals surface area contributed by atoms with E-state index in [4.69, 9.17) is 0 Å². The van der Waals surface area contributed by atoms with Gasteiger partial charge in [0.2, 0.25) is 5.95 Å². The number of fused-ring (bicyclic) bond motifs is 1. The molecule has 148 valence electrons. The quantitative estimate of drug-likeness (QED) is 0.635. The number of aromatic nitrogens is 4. The monoisotopic (exact) mass is 392 g/mol. The van der Waals surface area contributed by atoms with Crippen LogP contribution in [0.25, 0.3) is 16.8 Å². The van der Waals surface area contributed by atoms with E-state index in [1.807, 2.05) is 0 Å². The molecule has 1 atom stereocenters. The van der Waals surface area contributed by atoms with E-state index in [9.17, 15) is 18.3 Å². The number of nitrogens with zero attached hydrogens (tertiary/aromatic N) is 4. The number of rotatable bonds is 3. The van der Waals surface area contributed by atoms with Gasteiger partial charge in [-0.1, -0.05) is 0 Å².